The molecule has 2 atom stereocenters. The molecule has 0 spiro atoms. The summed E-state index contributed by atoms with van der Waals surface area (Å²) >= 11 is 0. The van der Waals surface area contributed by atoms with Crippen LogP contribution in [-0.2, 0) is 16.6 Å². The Morgan fingerprint density at radius 2 is 2.04 bits per heavy atom. The van der Waals surface area contributed by atoms with Gasteiger partial charge in [0.15, 0.2) is 11.6 Å². The number of aromatic nitrogens is 2. The van der Waals surface area contributed by atoms with Crippen molar-refractivity contribution in [3.63, 3.8) is 0 Å². The van der Waals surface area contributed by atoms with Crippen LogP contribution in [0.15, 0.2) is 42.1 Å². The number of aryl methyl sites for hydroxylation is 2. The molecule has 0 aliphatic heterocycles. The molecule has 2 aromatic rings. The van der Waals surface area contributed by atoms with E-state index in [4.69, 9.17) is 4.98 Å². The van der Waals surface area contributed by atoms with E-state index in [0.717, 1.165) is 35.2 Å². The summed E-state index contributed by atoms with van der Waals surface area (Å²) < 4.78 is 0. The van der Waals surface area contributed by atoms with Crippen LogP contribution in [0.1, 0.15) is 44.0 Å². The van der Waals surface area contributed by atoms with Gasteiger partial charge in [0, 0.05) is 22.6 Å². The lowest BCUT2D eigenvalue weighted by atomic mass is 9.52. The third kappa shape index (κ3) is 2.53. The van der Waals surface area contributed by atoms with E-state index in [1.807, 2.05) is 38.3 Å². The summed E-state index contributed by atoms with van der Waals surface area (Å²) in [6.07, 6.45) is 5.53. The molecular weight excluding hydrogens is 334 g/mol. The van der Waals surface area contributed by atoms with Crippen LogP contribution in [0, 0.1) is 29.6 Å². The Hall–Kier alpha value is -2.80. The molecule has 4 rings (SSSR count). The number of Topliss-reactive ketones (excluding diaryl/α,β-unsaturated/α-hetero) is 1. The van der Waals surface area contributed by atoms with E-state index in [-0.39, 0.29) is 17.3 Å². The van der Waals surface area contributed by atoms with E-state index in [9.17, 15) is 10.1 Å². The standard InChI is InChI=1S/C23H23N3O/c1-14-6-5-7-15(10-14)21-25-13-16-8-9-18-22(2,3)20(27)17(12-24)11-23(18,4)19(16)26-21/h5-7,10-11,13,18H,8-9H2,1-4H3/t18-,23-/m0/s1. The zero-order chi connectivity index (χ0) is 19.4. The van der Waals surface area contributed by atoms with Crippen molar-refractivity contribution in [3.8, 4) is 17.5 Å². The number of hydrogen-bond donors (Lipinski definition) is 0. The highest BCUT2D eigenvalue weighted by atomic mass is 16.1. The third-order valence-electron chi connectivity index (χ3n) is 6.34. The van der Waals surface area contributed by atoms with Gasteiger partial charge in [0.05, 0.1) is 11.3 Å². The maximum absolute atomic E-state index is 12.8. The summed E-state index contributed by atoms with van der Waals surface area (Å²) in [7, 11) is 0. The number of fused-ring (bicyclic) bond motifs is 3. The number of hydrogen-bond acceptors (Lipinski definition) is 4. The highest BCUT2D eigenvalue weighted by molar-refractivity contribution is 6.04. The van der Waals surface area contributed by atoms with E-state index >= 15 is 0 Å². The Kier molecular flexibility index (Phi) is 3.82. The molecule has 0 saturated heterocycles. The molecule has 1 aromatic carbocycles. The lowest BCUT2D eigenvalue weighted by molar-refractivity contribution is -0.128. The number of carbonyl (C=O) groups excluding carboxylic acids is 1. The minimum atomic E-state index is -0.583. The number of nitrogens with zero attached hydrogens (tertiary/aromatic N) is 3. The molecule has 2 aliphatic rings. The predicted molar refractivity (Wildman–Crippen MR) is 104 cm³/mol. The second-order valence-corrected chi connectivity index (χ2v) is 8.53. The predicted octanol–water partition coefficient (Wildman–Crippen LogP) is 4.33. The van der Waals surface area contributed by atoms with Crippen molar-refractivity contribution in [2.24, 2.45) is 11.3 Å². The number of ketones is 1. The Bertz CT molecular complexity index is 1030. The lowest BCUT2D eigenvalue weighted by Crippen LogP contribution is -2.51. The van der Waals surface area contributed by atoms with Gasteiger partial charge in [-0.3, -0.25) is 4.79 Å². The molecule has 0 radical (unpaired) electrons. The van der Waals surface area contributed by atoms with Crippen molar-refractivity contribution in [1.29, 1.82) is 5.26 Å². The highest BCUT2D eigenvalue weighted by Crippen LogP contribution is 2.54. The summed E-state index contributed by atoms with van der Waals surface area (Å²) in [6, 6.07) is 10.3. The van der Waals surface area contributed by atoms with Crippen molar-refractivity contribution in [1.82, 2.24) is 9.97 Å². The van der Waals surface area contributed by atoms with Gasteiger partial charge >= 0.3 is 0 Å². The van der Waals surface area contributed by atoms with Crippen LogP contribution in [0.4, 0.5) is 0 Å². The van der Waals surface area contributed by atoms with Crippen LogP contribution in [0.5, 0.6) is 0 Å². The minimum Gasteiger partial charge on any atom is -0.293 e. The molecule has 4 heteroatoms. The van der Waals surface area contributed by atoms with Crippen LogP contribution in [0.3, 0.4) is 0 Å². The molecule has 1 heterocycles. The molecule has 0 amide bonds. The van der Waals surface area contributed by atoms with E-state index in [0.29, 0.717) is 5.82 Å². The number of allylic oxidation sites excluding steroid dienone is 2. The molecule has 1 aromatic heterocycles. The largest absolute Gasteiger partial charge is 0.293 e. The molecule has 4 nitrogen and oxygen atoms in total. The fourth-order valence-corrected chi connectivity index (χ4v) is 4.98. The molecule has 0 bridgehead atoms. The Balaban J connectivity index is 1.93. The van der Waals surface area contributed by atoms with Gasteiger partial charge in [0.1, 0.15) is 6.07 Å². The normalized spacial score (nSPS) is 25.8. The molecule has 27 heavy (non-hydrogen) atoms. The molecular formula is C23H23N3O. The second-order valence-electron chi connectivity index (χ2n) is 8.53. The van der Waals surface area contributed by atoms with Gasteiger partial charge in [-0.2, -0.15) is 5.26 Å². The lowest BCUT2D eigenvalue weighted by Gasteiger charge is -2.50. The highest BCUT2D eigenvalue weighted by Gasteiger charge is 2.54. The summed E-state index contributed by atoms with van der Waals surface area (Å²) in [5.41, 5.74) is 3.44. The maximum Gasteiger partial charge on any atom is 0.178 e. The Labute approximate surface area is 160 Å². The van der Waals surface area contributed by atoms with Crippen LogP contribution in [-0.4, -0.2) is 15.8 Å². The van der Waals surface area contributed by atoms with Gasteiger partial charge in [-0.15, -0.1) is 0 Å². The van der Waals surface area contributed by atoms with Crippen LogP contribution >= 0.6 is 0 Å². The first kappa shape index (κ1) is 17.6. The minimum absolute atomic E-state index is 0.0520. The van der Waals surface area contributed by atoms with Gasteiger partial charge in [-0.05, 0) is 37.3 Å². The number of benzene rings is 1. The third-order valence-corrected chi connectivity index (χ3v) is 6.34. The van der Waals surface area contributed by atoms with Gasteiger partial charge in [-0.1, -0.05) is 50.6 Å². The van der Waals surface area contributed by atoms with Crippen molar-refractivity contribution in [2.75, 3.05) is 0 Å². The van der Waals surface area contributed by atoms with E-state index in [1.165, 1.54) is 0 Å². The number of nitriles is 1. The summed E-state index contributed by atoms with van der Waals surface area (Å²) in [4.78, 5) is 22.4. The summed E-state index contributed by atoms with van der Waals surface area (Å²) in [6.45, 7) is 8.11. The monoisotopic (exact) mass is 357 g/mol. The van der Waals surface area contributed by atoms with Crippen molar-refractivity contribution >= 4 is 5.78 Å². The maximum atomic E-state index is 12.8. The van der Waals surface area contributed by atoms with E-state index < -0.39 is 10.8 Å². The molecule has 2 aliphatic carbocycles. The number of carbonyl (C=O) groups is 1. The van der Waals surface area contributed by atoms with Gasteiger partial charge in [-0.25, -0.2) is 9.97 Å². The zero-order valence-electron chi connectivity index (χ0n) is 16.2. The zero-order valence-corrected chi connectivity index (χ0v) is 16.2. The fraction of sp³-hybridized carbons (Fsp3) is 0.391. The molecule has 0 saturated carbocycles. The SMILES string of the molecule is Cc1cccc(-c2ncc3c(n2)[C@@]2(C)C=C(C#N)C(=O)C(C)(C)[C@@H]2CC3)c1. The average Bonchev–Trinajstić information content (AvgIpc) is 2.64. The second kappa shape index (κ2) is 5.85. The smallest absolute Gasteiger partial charge is 0.178 e. The Morgan fingerprint density at radius 3 is 2.74 bits per heavy atom. The quantitative estimate of drug-likeness (QED) is 0.762. The first-order valence-electron chi connectivity index (χ1n) is 9.38. The van der Waals surface area contributed by atoms with E-state index in [2.05, 4.69) is 37.0 Å². The topological polar surface area (TPSA) is 66.6 Å². The molecule has 0 unspecified atom stereocenters. The Morgan fingerprint density at radius 1 is 1.26 bits per heavy atom. The summed E-state index contributed by atoms with van der Waals surface area (Å²) in [5, 5.41) is 9.54. The van der Waals surface area contributed by atoms with Crippen molar-refractivity contribution in [2.45, 2.75) is 46.0 Å². The first-order valence-corrected chi connectivity index (χ1v) is 9.38. The van der Waals surface area contributed by atoms with Crippen LogP contribution in [0.2, 0.25) is 0 Å². The van der Waals surface area contributed by atoms with Gasteiger partial charge in [0.2, 0.25) is 0 Å². The average molecular weight is 357 g/mol. The fourth-order valence-electron chi connectivity index (χ4n) is 4.98. The van der Waals surface area contributed by atoms with Crippen LogP contribution in [0.25, 0.3) is 11.4 Å². The molecule has 136 valence electrons. The van der Waals surface area contributed by atoms with Gasteiger partial charge in [0.25, 0.3) is 0 Å². The van der Waals surface area contributed by atoms with Gasteiger partial charge < -0.3 is 0 Å². The van der Waals surface area contributed by atoms with Crippen molar-refractivity contribution in [3.05, 3.63) is 58.9 Å². The summed E-state index contributed by atoms with van der Waals surface area (Å²) in [5.74, 6) is 0.757. The first-order chi connectivity index (χ1) is 12.8. The van der Waals surface area contributed by atoms with Crippen LogP contribution < -0.4 is 0 Å². The molecule has 0 fully saturated rings. The van der Waals surface area contributed by atoms with Crippen molar-refractivity contribution < 1.29 is 4.79 Å². The van der Waals surface area contributed by atoms with E-state index in [1.54, 1.807) is 0 Å². The number of rotatable bonds is 1. The molecule has 0 N–H and O–H groups in total.